The van der Waals surface area contributed by atoms with E-state index in [2.05, 4.69) is 73.7 Å². The fourth-order valence-corrected chi connectivity index (χ4v) is 3.78. The highest BCUT2D eigenvalue weighted by atomic mass is 16.5. The van der Waals surface area contributed by atoms with Crippen LogP contribution in [0.2, 0.25) is 0 Å². The third kappa shape index (κ3) is 4.08. The summed E-state index contributed by atoms with van der Waals surface area (Å²) in [5, 5.41) is 0. The number of hydrogen-bond acceptors (Lipinski definition) is 2. The summed E-state index contributed by atoms with van der Waals surface area (Å²) in [4.78, 5) is 0. The Bertz CT molecular complexity index is 1090. The third-order valence-electron chi connectivity index (χ3n) is 5.27. The van der Waals surface area contributed by atoms with Gasteiger partial charge in [-0.3, -0.25) is 0 Å². The number of rotatable bonds is 7. The fraction of sp³-hybridized carbons (Fsp3) is 0.143. The predicted octanol–water partition coefficient (Wildman–Crippen LogP) is 7.17. The van der Waals surface area contributed by atoms with Crippen LogP contribution in [0.15, 0.2) is 97.1 Å². The molecule has 0 bridgehead atoms. The Morgan fingerprint density at radius 3 is 1.80 bits per heavy atom. The van der Waals surface area contributed by atoms with Gasteiger partial charge in [0.1, 0.15) is 6.61 Å². The van der Waals surface area contributed by atoms with Gasteiger partial charge in [0.25, 0.3) is 0 Å². The molecule has 0 aliphatic rings. The number of aryl methyl sites for hydroxylation is 1. The Morgan fingerprint density at radius 2 is 1.23 bits per heavy atom. The van der Waals surface area contributed by atoms with Gasteiger partial charge in [0.05, 0.1) is 7.11 Å². The van der Waals surface area contributed by atoms with E-state index in [1.54, 1.807) is 7.11 Å². The third-order valence-corrected chi connectivity index (χ3v) is 5.27. The van der Waals surface area contributed by atoms with Crippen LogP contribution in [0.1, 0.15) is 18.1 Å². The Kier molecular flexibility index (Phi) is 6.14. The number of benzene rings is 4. The highest BCUT2D eigenvalue weighted by Crippen LogP contribution is 2.47. The molecule has 0 fully saturated rings. The first-order valence-corrected chi connectivity index (χ1v) is 10.3. The first kappa shape index (κ1) is 19.8. The average Bonchev–Trinajstić information content (AvgIpc) is 2.83. The lowest BCUT2D eigenvalue weighted by Gasteiger charge is -2.22. The Morgan fingerprint density at radius 1 is 0.667 bits per heavy atom. The molecule has 4 aromatic carbocycles. The summed E-state index contributed by atoms with van der Waals surface area (Å²) in [6.45, 7) is 2.66. The van der Waals surface area contributed by atoms with Gasteiger partial charge in [-0.1, -0.05) is 97.9 Å². The van der Waals surface area contributed by atoms with E-state index < -0.39 is 0 Å². The molecule has 150 valence electrons. The van der Waals surface area contributed by atoms with Gasteiger partial charge in [-0.15, -0.1) is 0 Å². The minimum absolute atomic E-state index is 0.503. The topological polar surface area (TPSA) is 18.5 Å². The zero-order chi connectivity index (χ0) is 20.8. The second-order valence-corrected chi connectivity index (χ2v) is 7.18. The molecule has 2 heteroatoms. The Balaban J connectivity index is 1.90. The van der Waals surface area contributed by atoms with Crippen LogP contribution in [0.5, 0.6) is 11.5 Å². The quantitative estimate of drug-likeness (QED) is 0.331. The molecule has 0 radical (unpaired) electrons. The van der Waals surface area contributed by atoms with Crippen LogP contribution in [0, 0.1) is 0 Å². The van der Waals surface area contributed by atoms with Crippen LogP contribution in [-0.2, 0) is 13.0 Å². The number of methoxy groups -OCH3 is 1. The van der Waals surface area contributed by atoms with E-state index in [4.69, 9.17) is 9.47 Å². The van der Waals surface area contributed by atoms with E-state index in [-0.39, 0.29) is 0 Å². The summed E-state index contributed by atoms with van der Waals surface area (Å²) in [6.07, 6.45) is 0.857. The molecule has 0 aliphatic carbocycles. The molecule has 0 amide bonds. The minimum atomic E-state index is 0.503. The number of hydrogen-bond donors (Lipinski definition) is 0. The first-order valence-electron chi connectivity index (χ1n) is 10.3. The maximum atomic E-state index is 6.36. The molecule has 0 aliphatic heterocycles. The molecular weight excluding hydrogens is 368 g/mol. The van der Waals surface area contributed by atoms with Gasteiger partial charge in [-0.05, 0) is 40.3 Å². The second kappa shape index (κ2) is 9.32. The molecule has 30 heavy (non-hydrogen) atoms. The van der Waals surface area contributed by atoms with Gasteiger partial charge in [-0.2, -0.15) is 0 Å². The van der Waals surface area contributed by atoms with Crippen molar-refractivity contribution in [1.82, 2.24) is 0 Å². The van der Waals surface area contributed by atoms with Crippen molar-refractivity contribution >= 4 is 0 Å². The molecular formula is C28H26O2. The van der Waals surface area contributed by atoms with Crippen molar-refractivity contribution in [3.63, 3.8) is 0 Å². The van der Waals surface area contributed by atoms with Gasteiger partial charge in [0.15, 0.2) is 11.5 Å². The molecule has 0 unspecified atom stereocenters. The molecule has 0 heterocycles. The monoisotopic (exact) mass is 394 g/mol. The highest BCUT2D eigenvalue weighted by molar-refractivity contribution is 5.90. The smallest absolute Gasteiger partial charge is 0.169 e. The summed E-state index contributed by atoms with van der Waals surface area (Å²) >= 11 is 0. The highest BCUT2D eigenvalue weighted by Gasteiger charge is 2.22. The van der Waals surface area contributed by atoms with E-state index in [1.807, 2.05) is 30.3 Å². The standard InChI is InChI=1S/C28H26O2/c1-3-22-19-25(23-15-9-5-10-16-23)26(24-17-11-6-12-18-24)28(29-2)27(22)30-20-21-13-7-4-8-14-21/h4-19H,3,20H2,1-2H3. The van der Waals surface area contributed by atoms with Gasteiger partial charge in [0, 0.05) is 5.56 Å². The zero-order valence-corrected chi connectivity index (χ0v) is 17.5. The maximum Gasteiger partial charge on any atom is 0.169 e. The van der Waals surface area contributed by atoms with Crippen LogP contribution in [0.25, 0.3) is 22.3 Å². The van der Waals surface area contributed by atoms with Gasteiger partial charge >= 0.3 is 0 Å². The van der Waals surface area contributed by atoms with Crippen molar-refractivity contribution in [1.29, 1.82) is 0 Å². The van der Waals surface area contributed by atoms with Crippen molar-refractivity contribution in [3.8, 4) is 33.8 Å². The Labute approximate surface area is 178 Å². The van der Waals surface area contributed by atoms with E-state index in [0.717, 1.165) is 45.7 Å². The zero-order valence-electron chi connectivity index (χ0n) is 17.5. The molecule has 0 atom stereocenters. The van der Waals surface area contributed by atoms with Crippen molar-refractivity contribution in [2.75, 3.05) is 7.11 Å². The molecule has 2 nitrogen and oxygen atoms in total. The van der Waals surface area contributed by atoms with Crippen LogP contribution in [-0.4, -0.2) is 7.11 Å². The lowest BCUT2D eigenvalue weighted by molar-refractivity contribution is 0.282. The van der Waals surface area contributed by atoms with Crippen LogP contribution >= 0.6 is 0 Å². The van der Waals surface area contributed by atoms with Crippen LogP contribution in [0.4, 0.5) is 0 Å². The molecule has 0 saturated carbocycles. The summed E-state index contributed by atoms with van der Waals surface area (Å²) in [6, 6.07) is 33.4. The average molecular weight is 395 g/mol. The fourth-order valence-electron chi connectivity index (χ4n) is 3.78. The summed E-state index contributed by atoms with van der Waals surface area (Å²) in [5.74, 6) is 1.61. The summed E-state index contributed by atoms with van der Waals surface area (Å²) in [5.41, 5.74) is 6.77. The van der Waals surface area contributed by atoms with Crippen LogP contribution < -0.4 is 9.47 Å². The normalized spacial score (nSPS) is 10.6. The van der Waals surface area contributed by atoms with E-state index in [9.17, 15) is 0 Å². The summed E-state index contributed by atoms with van der Waals surface area (Å²) in [7, 11) is 1.73. The predicted molar refractivity (Wildman–Crippen MR) is 124 cm³/mol. The molecule has 4 rings (SSSR count). The first-order chi connectivity index (χ1) is 14.8. The lowest BCUT2D eigenvalue weighted by atomic mass is 9.90. The molecule has 4 aromatic rings. The molecule has 0 N–H and O–H groups in total. The van der Waals surface area contributed by atoms with E-state index in [0.29, 0.717) is 6.61 Å². The van der Waals surface area contributed by atoms with Gasteiger partial charge in [-0.25, -0.2) is 0 Å². The van der Waals surface area contributed by atoms with Crippen molar-refractivity contribution in [2.24, 2.45) is 0 Å². The van der Waals surface area contributed by atoms with E-state index in [1.165, 1.54) is 5.56 Å². The van der Waals surface area contributed by atoms with Crippen molar-refractivity contribution in [2.45, 2.75) is 20.0 Å². The van der Waals surface area contributed by atoms with Crippen LogP contribution in [0.3, 0.4) is 0 Å². The SMILES string of the molecule is CCc1cc(-c2ccccc2)c(-c2ccccc2)c(OC)c1OCc1ccccc1. The largest absolute Gasteiger partial charge is 0.492 e. The van der Waals surface area contributed by atoms with Crippen molar-refractivity contribution in [3.05, 3.63) is 108 Å². The summed E-state index contributed by atoms with van der Waals surface area (Å²) < 4.78 is 12.4. The second-order valence-electron chi connectivity index (χ2n) is 7.18. The van der Waals surface area contributed by atoms with E-state index >= 15 is 0 Å². The van der Waals surface area contributed by atoms with Gasteiger partial charge in [0.2, 0.25) is 0 Å². The van der Waals surface area contributed by atoms with Crippen molar-refractivity contribution < 1.29 is 9.47 Å². The maximum absolute atomic E-state index is 6.36. The van der Waals surface area contributed by atoms with Gasteiger partial charge < -0.3 is 9.47 Å². The lowest BCUT2D eigenvalue weighted by Crippen LogP contribution is -2.03. The number of ether oxygens (including phenoxy) is 2. The minimum Gasteiger partial charge on any atom is -0.492 e. The molecule has 0 aromatic heterocycles. The molecule has 0 spiro atoms. The Hall–Kier alpha value is -3.52. The molecule has 0 saturated heterocycles.